The van der Waals surface area contributed by atoms with Crippen LogP contribution < -0.4 is 11.3 Å². The number of nitrogens with two attached hydrogens (primary N) is 1. The van der Waals surface area contributed by atoms with E-state index >= 15 is 0 Å². The number of hydrogen-bond donors (Lipinski definition) is 2. The molecule has 4 heteroatoms. The summed E-state index contributed by atoms with van der Waals surface area (Å²) in [6.07, 6.45) is 2.21. The van der Waals surface area contributed by atoms with Crippen LogP contribution in [0.3, 0.4) is 0 Å². The van der Waals surface area contributed by atoms with Crippen molar-refractivity contribution in [1.82, 2.24) is 5.43 Å². The predicted octanol–water partition coefficient (Wildman–Crippen LogP) is 3.61. The summed E-state index contributed by atoms with van der Waals surface area (Å²) >= 11 is 1.76. The number of benzene rings is 1. The Morgan fingerprint density at radius 1 is 1.32 bits per heavy atom. The van der Waals surface area contributed by atoms with Crippen molar-refractivity contribution in [3.05, 3.63) is 35.2 Å². The van der Waals surface area contributed by atoms with Crippen LogP contribution in [-0.2, 0) is 4.74 Å². The molecule has 1 heterocycles. The topological polar surface area (TPSA) is 47.3 Å². The van der Waals surface area contributed by atoms with E-state index in [9.17, 15) is 0 Å². The van der Waals surface area contributed by atoms with Crippen molar-refractivity contribution in [3.63, 3.8) is 0 Å². The summed E-state index contributed by atoms with van der Waals surface area (Å²) in [5, 5.41) is 3.39. The minimum Gasteiger partial charge on any atom is -0.376 e. The number of thiophene rings is 1. The molecule has 0 saturated carbocycles. The number of fused-ring (bicyclic) bond motifs is 1. The van der Waals surface area contributed by atoms with Crippen molar-refractivity contribution in [1.29, 1.82) is 0 Å². The molecule has 0 radical (unpaired) electrons. The standard InChI is InChI=1S/C15H22N2OS/c1-3-6-13(18-4-2)14(17-16)12-8-5-7-11-9-10-19-15(11)12/h5,7-10,13-14,17H,3-4,6,16H2,1-2H3. The van der Waals surface area contributed by atoms with Gasteiger partial charge in [0.1, 0.15) is 0 Å². The molecule has 3 N–H and O–H groups in total. The Kier molecular flexibility index (Phi) is 5.34. The maximum absolute atomic E-state index is 5.88. The molecule has 104 valence electrons. The highest BCUT2D eigenvalue weighted by Gasteiger charge is 2.23. The van der Waals surface area contributed by atoms with Gasteiger partial charge < -0.3 is 4.74 Å². The first-order valence-corrected chi connectivity index (χ1v) is 7.73. The van der Waals surface area contributed by atoms with Crippen LogP contribution in [0.2, 0.25) is 0 Å². The van der Waals surface area contributed by atoms with Gasteiger partial charge in [0.05, 0.1) is 12.1 Å². The van der Waals surface area contributed by atoms with E-state index in [1.165, 1.54) is 15.6 Å². The molecular weight excluding hydrogens is 256 g/mol. The van der Waals surface area contributed by atoms with Crippen LogP contribution in [0.4, 0.5) is 0 Å². The van der Waals surface area contributed by atoms with Crippen LogP contribution in [-0.4, -0.2) is 12.7 Å². The van der Waals surface area contributed by atoms with Crippen molar-refractivity contribution in [2.75, 3.05) is 6.61 Å². The Labute approximate surface area is 118 Å². The lowest BCUT2D eigenvalue weighted by Gasteiger charge is -2.27. The van der Waals surface area contributed by atoms with Crippen molar-refractivity contribution in [2.45, 2.75) is 38.8 Å². The largest absolute Gasteiger partial charge is 0.376 e. The van der Waals surface area contributed by atoms with Crippen LogP contribution in [0, 0.1) is 0 Å². The molecule has 0 fully saturated rings. The van der Waals surface area contributed by atoms with E-state index in [-0.39, 0.29) is 12.1 Å². The maximum atomic E-state index is 5.88. The SMILES string of the molecule is CCCC(OCC)C(NN)c1cccc2ccsc12. The lowest BCUT2D eigenvalue weighted by molar-refractivity contribution is 0.0280. The molecule has 0 amide bonds. The third-order valence-corrected chi connectivity index (χ3v) is 4.33. The highest BCUT2D eigenvalue weighted by atomic mass is 32.1. The smallest absolute Gasteiger partial charge is 0.0782 e. The van der Waals surface area contributed by atoms with Crippen LogP contribution >= 0.6 is 11.3 Å². The fourth-order valence-corrected chi connectivity index (χ4v) is 3.46. The summed E-state index contributed by atoms with van der Waals surface area (Å²) in [5.74, 6) is 5.80. The summed E-state index contributed by atoms with van der Waals surface area (Å²) in [6.45, 7) is 4.91. The van der Waals surface area contributed by atoms with Gasteiger partial charge >= 0.3 is 0 Å². The molecule has 3 nitrogen and oxygen atoms in total. The van der Waals surface area contributed by atoms with E-state index in [0.29, 0.717) is 6.61 Å². The first kappa shape index (κ1) is 14.5. The molecule has 2 rings (SSSR count). The fraction of sp³-hybridized carbons (Fsp3) is 0.467. The van der Waals surface area contributed by atoms with Crippen LogP contribution in [0.5, 0.6) is 0 Å². The minimum atomic E-state index is 0.0437. The average Bonchev–Trinajstić information content (AvgIpc) is 2.89. The van der Waals surface area contributed by atoms with Gasteiger partial charge in [-0.2, -0.15) is 0 Å². The first-order chi connectivity index (χ1) is 9.31. The average molecular weight is 278 g/mol. The zero-order chi connectivity index (χ0) is 13.7. The summed E-state index contributed by atoms with van der Waals surface area (Å²) in [4.78, 5) is 0. The lowest BCUT2D eigenvalue weighted by Crippen LogP contribution is -2.38. The Hall–Kier alpha value is -0.940. The van der Waals surface area contributed by atoms with Gasteiger partial charge in [0.25, 0.3) is 0 Å². The van der Waals surface area contributed by atoms with E-state index in [1.807, 2.05) is 6.92 Å². The summed E-state index contributed by atoms with van der Waals surface area (Å²) < 4.78 is 7.17. The second-order valence-corrected chi connectivity index (χ2v) is 5.53. The maximum Gasteiger partial charge on any atom is 0.0782 e. The van der Waals surface area contributed by atoms with Gasteiger partial charge in [-0.15, -0.1) is 11.3 Å². The molecule has 2 atom stereocenters. The molecule has 0 aliphatic rings. The second-order valence-electron chi connectivity index (χ2n) is 4.61. The monoisotopic (exact) mass is 278 g/mol. The lowest BCUT2D eigenvalue weighted by atomic mass is 9.97. The van der Waals surface area contributed by atoms with Crippen molar-refractivity contribution >= 4 is 21.4 Å². The molecule has 0 saturated heterocycles. The number of nitrogens with one attached hydrogen (secondary N) is 1. The molecule has 0 aliphatic carbocycles. The number of hydrogen-bond acceptors (Lipinski definition) is 4. The zero-order valence-electron chi connectivity index (χ0n) is 11.6. The number of rotatable bonds is 7. The van der Waals surface area contributed by atoms with E-state index in [2.05, 4.69) is 42.0 Å². The van der Waals surface area contributed by atoms with Crippen molar-refractivity contribution < 1.29 is 4.74 Å². The Balaban J connectivity index is 2.36. The van der Waals surface area contributed by atoms with E-state index in [0.717, 1.165) is 12.8 Å². The minimum absolute atomic E-state index is 0.0437. The van der Waals surface area contributed by atoms with Gasteiger partial charge in [-0.3, -0.25) is 11.3 Å². The Bertz CT molecular complexity index is 506. The first-order valence-electron chi connectivity index (χ1n) is 6.85. The van der Waals surface area contributed by atoms with Gasteiger partial charge in [-0.1, -0.05) is 31.5 Å². The van der Waals surface area contributed by atoms with E-state index in [4.69, 9.17) is 10.6 Å². The summed E-state index contributed by atoms with van der Waals surface area (Å²) in [6, 6.07) is 8.56. The zero-order valence-corrected chi connectivity index (χ0v) is 12.4. The van der Waals surface area contributed by atoms with Crippen LogP contribution in [0.1, 0.15) is 38.3 Å². The normalized spacial score (nSPS) is 14.7. The number of hydrazine groups is 1. The van der Waals surface area contributed by atoms with Gasteiger partial charge in [0.2, 0.25) is 0 Å². The highest BCUT2D eigenvalue weighted by Crippen LogP contribution is 2.32. The van der Waals surface area contributed by atoms with Gasteiger partial charge in [-0.05, 0) is 35.7 Å². The van der Waals surface area contributed by atoms with Gasteiger partial charge in [0.15, 0.2) is 0 Å². The molecular formula is C15H22N2OS. The fourth-order valence-electron chi connectivity index (χ4n) is 2.50. The van der Waals surface area contributed by atoms with Gasteiger partial charge in [0, 0.05) is 11.3 Å². The number of ether oxygens (including phenoxy) is 1. The second kappa shape index (κ2) is 7.01. The third-order valence-electron chi connectivity index (χ3n) is 3.35. The third kappa shape index (κ3) is 3.15. The van der Waals surface area contributed by atoms with Crippen LogP contribution in [0.15, 0.2) is 29.6 Å². The molecule has 0 aliphatic heterocycles. The summed E-state index contributed by atoms with van der Waals surface area (Å²) in [7, 11) is 0. The Morgan fingerprint density at radius 3 is 2.84 bits per heavy atom. The molecule has 1 aromatic carbocycles. The molecule has 0 bridgehead atoms. The highest BCUT2D eigenvalue weighted by molar-refractivity contribution is 7.17. The van der Waals surface area contributed by atoms with Crippen LogP contribution in [0.25, 0.3) is 10.1 Å². The molecule has 1 aromatic heterocycles. The van der Waals surface area contributed by atoms with Crippen molar-refractivity contribution in [2.24, 2.45) is 5.84 Å². The van der Waals surface area contributed by atoms with E-state index < -0.39 is 0 Å². The Morgan fingerprint density at radius 2 is 2.16 bits per heavy atom. The van der Waals surface area contributed by atoms with Crippen molar-refractivity contribution in [3.8, 4) is 0 Å². The summed E-state index contributed by atoms with van der Waals surface area (Å²) in [5.41, 5.74) is 4.19. The van der Waals surface area contributed by atoms with Gasteiger partial charge in [-0.25, -0.2) is 0 Å². The molecule has 19 heavy (non-hydrogen) atoms. The molecule has 2 unspecified atom stereocenters. The quantitative estimate of drug-likeness (QED) is 0.601. The molecule has 2 aromatic rings. The predicted molar refractivity (Wildman–Crippen MR) is 82.2 cm³/mol. The molecule has 0 spiro atoms. The van der Waals surface area contributed by atoms with E-state index in [1.54, 1.807) is 11.3 Å².